The minimum absolute atomic E-state index is 0.106. The van der Waals surface area contributed by atoms with Gasteiger partial charge >= 0.3 is 5.97 Å². The SMILES string of the molecule is Cc1ccc(S(=O)(=O)N2c3ccccc3CC2C(=O)NCCCCCC(=O)O)cc1. The first-order valence-corrected chi connectivity index (χ1v) is 11.4. The highest BCUT2D eigenvalue weighted by molar-refractivity contribution is 7.93. The van der Waals surface area contributed by atoms with Crippen LogP contribution < -0.4 is 9.62 Å². The molecule has 0 fully saturated rings. The first kappa shape index (κ1) is 21.8. The molecule has 2 N–H and O–H groups in total. The van der Waals surface area contributed by atoms with Gasteiger partial charge in [0.15, 0.2) is 0 Å². The van der Waals surface area contributed by atoms with Crippen LogP contribution in [0.2, 0.25) is 0 Å². The normalized spacial score (nSPS) is 15.6. The molecule has 0 saturated carbocycles. The lowest BCUT2D eigenvalue weighted by atomic mass is 10.1. The van der Waals surface area contributed by atoms with E-state index in [-0.39, 0.29) is 17.2 Å². The van der Waals surface area contributed by atoms with Crippen LogP contribution in [0.15, 0.2) is 53.4 Å². The molecule has 0 spiro atoms. The molecule has 1 aliphatic heterocycles. The standard InChI is InChI=1S/C22H26N2O5S/c1-16-10-12-18(13-11-16)30(28,29)24-19-8-5-4-7-17(19)15-20(24)22(27)23-14-6-2-3-9-21(25)26/h4-5,7-8,10-13,20H,2-3,6,9,14-15H2,1H3,(H,23,27)(H,25,26). The highest BCUT2D eigenvalue weighted by Crippen LogP contribution is 2.36. The van der Waals surface area contributed by atoms with Crippen molar-refractivity contribution in [2.45, 2.75) is 50.0 Å². The minimum Gasteiger partial charge on any atom is -0.481 e. The molecular formula is C22H26N2O5S. The van der Waals surface area contributed by atoms with E-state index in [2.05, 4.69) is 5.32 Å². The van der Waals surface area contributed by atoms with Gasteiger partial charge in [0.1, 0.15) is 6.04 Å². The van der Waals surface area contributed by atoms with E-state index in [1.165, 1.54) is 4.31 Å². The van der Waals surface area contributed by atoms with E-state index >= 15 is 0 Å². The summed E-state index contributed by atoms with van der Waals surface area (Å²) in [5.74, 6) is -1.18. The molecule has 1 amide bonds. The number of aryl methyl sites for hydroxylation is 1. The fourth-order valence-corrected chi connectivity index (χ4v) is 5.23. The highest BCUT2D eigenvalue weighted by Gasteiger charge is 2.41. The highest BCUT2D eigenvalue weighted by atomic mass is 32.2. The zero-order chi connectivity index (χ0) is 21.7. The Balaban J connectivity index is 1.76. The second-order valence-electron chi connectivity index (χ2n) is 7.46. The van der Waals surface area contributed by atoms with Gasteiger partial charge in [-0.3, -0.25) is 13.9 Å². The molecule has 0 aromatic heterocycles. The van der Waals surface area contributed by atoms with E-state index in [0.717, 1.165) is 11.1 Å². The lowest BCUT2D eigenvalue weighted by Gasteiger charge is -2.26. The second-order valence-corrected chi connectivity index (χ2v) is 9.27. The number of hydrogen-bond donors (Lipinski definition) is 2. The molecule has 2 aromatic rings. The molecule has 0 saturated heterocycles. The largest absolute Gasteiger partial charge is 0.481 e. The van der Waals surface area contributed by atoms with E-state index in [4.69, 9.17) is 5.11 Å². The van der Waals surface area contributed by atoms with Crippen LogP contribution in [0.5, 0.6) is 0 Å². The van der Waals surface area contributed by atoms with Gasteiger partial charge in [-0.05, 0) is 43.5 Å². The molecule has 0 aliphatic carbocycles. The van der Waals surface area contributed by atoms with Gasteiger partial charge in [0, 0.05) is 19.4 Å². The number of nitrogens with zero attached hydrogens (tertiary/aromatic N) is 1. The van der Waals surface area contributed by atoms with Crippen molar-refractivity contribution >= 4 is 27.6 Å². The summed E-state index contributed by atoms with van der Waals surface area (Å²) < 4.78 is 28.0. The Kier molecular flexibility index (Phi) is 6.77. The molecule has 30 heavy (non-hydrogen) atoms. The average Bonchev–Trinajstić information content (AvgIpc) is 3.11. The summed E-state index contributed by atoms with van der Waals surface area (Å²) in [6.45, 7) is 2.26. The Hall–Kier alpha value is -2.87. The number of benzene rings is 2. The number of amides is 1. The van der Waals surface area contributed by atoms with Crippen LogP contribution in [-0.2, 0) is 26.0 Å². The molecule has 8 heteroatoms. The average molecular weight is 431 g/mol. The van der Waals surface area contributed by atoms with Crippen LogP contribution in [0, 0.1) is 6.92 Å². The summed E-state index contributed by atoms with van der Waals surface area (Å²) in [6, 6.07) is 12.9. The number of fused-ring (bicyclic) bond motifs is 1. The first-order chi connectivity index (χ1) is 14.3. The third kappa shape index (κ3) is 4.81. The molecular weight excluding hydrogens is 404 g/mol. The van der Waals surface area contributed by atoms with Gasteiger partial charge in [-0.1, -0.05) is 42.3 Å². The van der Waals surface area contributed by atoms with Crippen LogP contribution in [-0.4, -0.2) is 38.0 Å². The van der Waals surface area contributed by atoms with Gasteiger partial charge in [0.2, 0.25) is 5.91 Å². The van der Waals surface area contributed by atoms with Crippen molar-refractivity contribution in [2.75, 3.05) is 10.8 Å². The van der Waals surface area contributed by atoms with Crippen LogP contribution >= 0.6 is 0 Å². The van der Waals surface area contributed by atoms with Crippen LogP contribution in [0.25, 0.3) is 0 Å². The van der Waals surface area contributed by atoms with Gasteiger partial charge < -0.3 is 10.4 Å². The van der Waals surface area contributed by atoms with Crippen molar-refractivity contribution in [3.63, 3.8) is 0 Å². The summed E-state index contributed by atoms with van der Waals surface area (Å²) in [5.41, 5.74) is 2.29. The number of para-hydroxylation sites is 1. The lowest BCUT2D eigenvalue weighted by Crippen LogP contribution is -2.48. The number of sulfonamides is 1. The van der Waals surface area contributed by atoms with Gasteiger partial charge in [-0.25, -0.2) is 8.42 Å². The predicted molar refractivity (Wildman–Crippen MR) is 114 cm³/mol. The molecule has 1 heterocycles. The fourth-order valence-electron chi connectivity index (χ4n) is 3.58. The summed E-state index contributed by atoms with van der Waals surface area (Å²) >= 11 is 0. The fraction of sp³-hybridized carbons (Fsp3) is 0.364. The van der Waals surface area contributed by atoms with Gasteiger partial charge in [-0.2, -0.15) is 0 Å². The topological polar surface area (TPSA) is 104 Å². The Morgan fingerprint density at radius 1 is 1.07 bits per heavy atom. The third-order valence-corrected chi connectivity index (χ3v) is 7.01. The molecule has 1 aliphatic rings. The maximum absolute atomic E-state index is 13.4. The smallest absolute Gasteiger partial charge is 0.303 e. The van der Waals surface area contributed by atoms with E-state index < -0.39 is 22.0 Å². The van der Waals surface area contributed by atoms with Crippen molar-refractivity contribution in [1.29, 1.82) is 0 Å². The van der Waals surface area contributed by atoms with Crippen LogP contribution in [0.3, 0.4) is 0 Å². The first-order valence-electron chi connectivity index (χ1n) is 9.99. The van der Waals surface area contributed by atoms with Crippen LogP contribution in [0.4, 0.5) is 5.69 Å². The molecule has 0 bridgehead atoms. The van der Waals surface area contributed by atoms with Crippen molar-refractivity contribution in [1.82, 2.24) is 5.32 Å². The van der Waals surface area contributed by atoms with Gasteiger partial charge in [0.25, 0.3) is 10.0 Å². The number of rotatable bonds is 9. The number of carbonyl (C=O) groups excluding carboxylic acids is 1. The molecule has 2 aromatic carbocycles. The van der Waals surface area contributed by atoms with Crippen molar-refractivity contribution < 1.29 is 23.1 Å². The number of aliphatic carboxylic acids is 1. The molecule has 3 rings (SSSR count). The number of anilines is 1. The number of unbranched alkanes of at least 4 members (excludes halogenated alkanes) is 2. The summed E-state index contributed by atoms with van der Waals surface area (Å²) in [7, 11) is -3.90. The van der Waals surface area contributed by atoms with Crippen LogP contribution in [0.1, 0.15) is 36.8 Å². The maximum Gasteiger partial charge on any atom is 0.303 e. The number of nitrogens with one attached hydrogen (secondary N) is 1. The molecule has 1 unspecified atom stereocenters. The van der Waals surface area contributed by atoms with E-state index in [0.29, 0.717) is 37.9 Å². The zero-order valence-corrected chi connectivity index (χ0v) is 17.7. The molecule has 160 valence electrons. The van der Waals surface area contributed by atoms with Gasteiger partial charge in [0.05, 0.1) is 10.6 Å². The van der Waals surface area contributed by atoms with Gasteiger partial charge in [-0.15, -0.1) is 0 Å². The molecule has 1 atom stereocenters. The molecule has 7 nitrogen and oxygen atoms in total. The Morgan fingerprint density at radius 2 is 1.77 bits per heavy atom. The minimum atomic E-state index is -3.90. The number of carboxylic acids is 1. The van der Waals surface area contributed by atoms with Crippen molar-refractivity contribution in [3.05, 3.63) is 59.7 Å². The number of hydrogen-bond acceptors (Lipinski definition) is 4. The number of carboxylic acid groups (broad SMARTS) is 1. The van der Waals surface area contributed by atoms with E-state index in [9.17, 15) is 18.0 Å². The predicted octanol–water partition coefficient (Wildman–Crippen LogP) is 2.88. The summed E-state index contributed by atoms with van der Waals surface area (Å²) in [5, 5.41) is 11.5. The second kappa shape index (κ2) is 9.30. The van der Waals surface area contributed by atoms with E-state index in [1.54, 1.807) is 36.4 Å². The lowest BCUT2D eigenvalue weighted by molar-refractivity contribution is -0.137. The van der Waals surface area contributed by atoms with Crippen molar-refractivity contribution in [3.8, 4) is 0 Å². The monoisotopic (exact) mass is 430 g/mol. The maximum atomic E-state index is 13.4. The van der Waals surface area contributed by atoms with Crippen molar-refractivity contribution in [2.24, 2.45) is 0 Å². The summed E-state index contributed by atoms with van der Waals surface area (Å²) in [6.07, 6.45) is 2.29. The third-order valence-electron chi connectivity index (χ3n) is 5.17. The quantitative estimate of drug-likeness (QED) is 0.596. The Morgan fingerprint density at radius 3 is 2.47 bits per heavy atom. The molecule has 0 radical (unpaired) electrons. The van der Waals surface area contributed by atoms with E-state index in [1.807, 2.05) is 19.1 Å². The zero-order valence-electron chi connectivity index (χ0n) is 16.9. The summed E-state index contributed by atoms with van der Waals surface area (Å²) in [4.78, 5) is 23.6. The Labute approximate surface area is 176 Å². The number of carbonyl (C=O) groups is 2. The Bertz CT molecular complexity index is 1020.